The second-order valence-corrected chi connectivity index (χ2v) is 17.8. The van der Waals surface area contributed by atoms with E-state index in [2.05, 4.69) is 46.6 Å². The highest BCUT2D eigenvalue weighted by atomic mass is 28.5. The van der Waals surface area contributed by atoms with Crippen LogP contribution in [0.3, 0.4) is 0 Å². The van der Waals surface area contributed by atoms with E-state index in [4.69, 9.17) is 12.7 Å². The van der Waals surface area contributed by atoms with Gasteiger partial charge in [0.25, 0.3) is 0 Å². The lowest BCUT2D eigenvalue weighted by atomic mass is 10.9. The molecule has 0 aromatic carbocycles. The Morgan fingerprint density at radius 2 is 1.18 bits per heavy atom. The van der Waals surface area contributed by atoms with Gasteiger partial charge in [-0.3, -0.25) is 0 Å². The van der Waals surface area contributed by atoms with Crippen LogP contribution < -0.4 is 0 Å². The van der Waals surface area contributed by atoms with E-state index in [1.165, 1.54) is 0 Å². The Labute approximate surface area is 110 Å². The Hall–Kier alpha value is 0.531. The van der Waals surface area contributed by atoms with Gasteiger partial charge in [-0.2, -0.15) is 0 Å². The van der Waals surface area contributed by atoms with Gasteiger partial charge in [0.15, 0.2) is 8.32 Å². The molecule has 0 fully saturated rings. The van der Waals surface area contributed by atoms with Crippen LogP contribution in [0.5, 0.6) is 0 Å². The van der Waals surface area contributed by atoms with E-state index in [1.54, 1.807) is 0 Å². The molecule has 0 radical (unpaired) electrons. The molecule has 0 aromatic rings. The molecule has 0 aliphatic heterocycles. The average molecular weight is 295 g/mol. The minimum Gasteiger partial charge on any atom is -0.437 e. The summed E-state index contributed by atoms with van der Waals surface area (Å²) in [5.74, 6) is 0. The first-order valence-electron chi connectivity index (χ1n) is 6.64. The fraction of sp³-hybridized carbons (Fsp3) is 1.00. The quantitative estimate of drug-likeness (QED) is 0.631. The van der Waals surface area contributed by atoms with Crippen molar-refractivity contribution in [2.45, 2.75) is 65.6 Å². The maximum atomic E-state index is 6.41. The summed E-state index contributed by atoms with van der Waals surface area (Å²) in [6.07, 6.45) is 0. The van der Waals surface area contributed by atoms with Crippen molar-refractivity contribution in [3.05, 3.63) is 0 Å². The molecule has 0 aliphatic rings. The molecule has 0 rings (SSSR count). The summed E-state index contributed by atoms with van der Waals surface area (Å²) in [5, 5.41) is 0. The van der Waals surface area contributed by atoms with Crippen molar-refractivity contribution in [3.63, 3.8) is 0 Å². The zero-order valence-corrected chi connectivity index (χ0v) is 15.8. The molecule has 104 valence electrons. The highest BCUT2D eigenvalue weighted by Crippen LogP contribution is 2.26. The van der Waals surface area contributed by atoms with Crippen LogP contribution in [-0.4, -0.2) is 32.0 Å². The Bertz CT molecular complexity index is 232. The van der Waals surface area contributed by atoms with Crippen LogP contribution in [0.4, 0.5) is 0 Å². The first-order chi connectivity index (χ1) is 7.60. The Kier molecular flexibility index (Phi) is 6.83. The number of hydrogen-bond acceptors (Lipinski definition) is 3. The standard InChI is InChI=1S/C11H30O3Si3/c1-9-12-16(7,10-2)14-17(8,11-3)13-15(4,5)6/h9-11H2,1-8H3. The van der Waals surface area contributed by atoms with Gasteiger partial charge < -0.3 is 12.7 Å². The molecule has 0 saturated carbocycles. The fourth-order valence-electron chi connectivity index (χ4n) is 1.78. The molecule has 0 aromatic heterocycles. The molecule has 3 nitrogen and oxygen atoms in total. The summed E-state index contributed by atoms with van der Waals surface area (Å²) >= 11 is 0. The molecule has 0 bridgehead atoms. The van der Waals surface area contributed by atoms with Gasteiger partial charge in [-0.05, 0) is 51.7 Å². The van der Waals surface area contributed by atoms with Crippen LogP contribution in [0.15, 0.2) is 0 Å². The molecule has 0 heterocycles. The van der Waals surface area contributed by atoms with E-state index in [0.717, 1.165) is 18.7 Å². The molecule has 0 spiro atoms. The molecule has 2 unspecified atom stereocenters. The van der Waals surface area contributed by atoms with Crippen molar-refractivity contribution in [1.29, 1.82) is 0 Å². The predicted octanol–water partition coefficient (Wildman–Crippen LogP) is 4.07. The minimum absolute atomic E-state index is 0.734. The largest absolute Gasteiger partial charge is 0.437 e. The monoisotopic (exact) mass is 294 g/mol. The van der Waals surface area contributed by atoms with Crippen LogP contribution in [-0.2, 0) is 12.7 Å². The van der Waals surface area contributed by atoms with Crippen molar-refractivity contribution >= 4 is 25.4 Å². The van der Waals surface area contributed by atoms with E-state index in [-0.39, 0.29) is 0 Å². The summed E-state index contributed by atoms with van der Waals surface area (Å²) < 4.78 is 18.6. The third kappa shape index (κ3) is 6.88. The van der Waals surface area contributed by atoms with Crippen LogP contribution in [0, 0.1) is 0 Å². The smallest absolute Gasteiger partial charge is 0.325 e. The van der Waals surface area contributed by atoms with Gasteiger partial charge in [0.2, 0.25) is 0 Å². The van der Waals surface area contributed by atoms with E-state index in [9.17, 15) is 0 Å². The van der Waals surface area contributed by atoms with Gasteiger partial charge in [-0.25, -0.2) is 0 Å². The molecule has 0 aliphatic carbocycles. The summed E-state index contributed by atoms with van der Waals surface area (Å²) in [6.45, 7) is 18.1. The van der Waals surface area contributed by atoms with Crippen LogP contribution >= 0.6 is 0 Å². The summed E-state index contributed by atoms with van der Waals surface area (Å²) in [6, 6.07) is 1.98. The van der Waals surface area contributed by atoms with Crippen molar-refractivity contribution in [2.75, 3.05) is 6.61 Å². The summed E-state index contributed by atoms with van der Waals surface area (Å²) in [5.41, 5.74) is 0. The van der Waals surface area contributed by atoms with Gasteiger partial charge in [0, 0.05) is 6.61 Å². The first-order valence-corrected chi connectivity index (χ1v) is 15.1. The third-order valence-electron chi connectivity index (χ3n) is 2.69. The zero-order chi connectivity index (χ0) is 13.7. The van der Waals surface area contributed by atoms with Gasteiger partial charge in [-0.15, -0.1) is 0 Å². The van der Waals surface area contributed by atoms with Crippen molar-refractivity contribution in [2.24, 2.45) is 0 Å². The first kappa shape index (κ1) is 17.5. The molecule has 17 heavy (non-hydrogen) atoms. The minimum atomic E-state index is -2.05. The van der Waals surface area contributed by atoms with Gasteiger partial charge in [0.1, 0.15) is 0 Å². The highest BCUT2D eigenvalue weighted by Gasteiger charge is 2.43. The van der Waals surface area contributed by atoms with Crippen LogP contribution in [0.25, 0.3) is 0 Å². The number of rotatable bonds is 8. The lowest BCUT2D eigenvalue weighted by molar-refractivity contribution is 0.235. The molecule has 0 amide bonds. The van der Waals surface area contributed by atoms with Crippen LogP contribution in [0.1, 0.15) is 20.8 Å². The summed E-state index contributed by atoms with van der Waals surface area (Å²) in [4.78, 5) is 0. The summed E-state index contributed by atoms with van der Waals surface area (Å²) in [7, 11) is -5.62. The van der Waals surface area contributed by atoms with Gasteiger partial charge in [-0.1, -0.05) is 13.8 Å². The maximum Gasteiger partial charge on any atom is 0.325 e. The van der Waals surface area contributed by atoms with Gasteiger partial charge in [0.05, 0.1) is 0 Å². The van der Waals surface area contributed by atoms with Crippen LogP contribution in [0.2, 0.25) is 44.8 Å². The Balaban J connectivity index is 4.76. The Morgan fingerprint density at radius 1 is 0.706 bits per heavy atom. The van der Waals surface area contributed by atoms with E-state index in [0.29, 0.717) is 0 Å². The average Bonchev–Trinajstić information content (AvgIpc) is 2.15. The van der Waals surface area contributed by atoms with Crippen molar-refractivity contribution in [3.8, 4) is 0 Å². The van der Waals surface area contributed by atoms with E-state index in [1.807, 2.05) is 6.92 Å². The molecular formula is C11H30O3Si3. The second-order valence-electron chi connectivity index (χ2n) is 5.72. The second kappa shape index (κ2) is 6.63. The third-order valence-corrected chi connectivity index (χ3v) is 13.8. The maximum absolute atomic E-state index is 6.41. The highest BCUT2D eigenvalue weighted by molar-refractivity contribution is 6.86. The molecule has 2 atom stereocenters. The normalized spacial score (nSPS) is 19.8. The molecular weight excluding hydrogens is 264 g/mol. The topological polar surface area (TPSA) is 27.7 Å². The van der Waals surface area contributed by atoms with Crippen molar-refractivity contribution < 1.29 is 12.7 Å². The van der Waals surface area contributed by atoms with E-state index < -0.39 is 25.4 Å². The lowest BCUT2D eigenvalue weighted by Gasteiger charge is -2.39. The number of hydrogen-bond donors (Lipinski definition) is 0. The molecule has 0 N–H and O–H groups in total. The van der Waals surface area contributed by atoms with E-state index >= 15 is 0 Å². The lowest BCUT2D eigenvalue weighted by Crippen LogP contribution is -2.55. The molecule has 6 heteroatoms. The zero-order valence-electron chi connectivity index (χ0n) is 12.8. The van der Waals surface area contributed by atoms with Crippen molar-refractivity contribution in [1.82, 2.24) is 0 Å². The SMILES string of the molecule is CCO[Si](C)(CC)O[Si](C)(CC)O[Si](C)(C)C. The predicted molar refractivity (Wildman–Crippen MR) is 81.3 cm³/mol. The molecule has 0 saturated heterocycles. The van der Waals surface area contributed by atoms with Gasteiger partial charge >= 0.3 is 17.1 Å². The fourth-order valence-corrected chi connectivity index (χ4v) is 13.9. The Morgan fingerprint density at radius 3 is 1.47 bits per heavy atom.